The summed E-state index contributed by atoms with van der Waals surface area (Å²) in [6, 6.07) is 28.6. The summed E-state index contributed by atoms with van der Waals surface area (Å²) in [5.74, 6) is -2.14. The van der Waals surface area contributed by atoms with E-state index >= 15 is 0 Å². The SMILES string of the molecule is CO[C@H]1O[C@H](COCc2ccccc2)[C@@H](OCc2ccccc2)[C@H](O[C@H]2O[C@H](COC(C)=O)[C@@H](OC(C)=O)[C@H](OC(C)=O)[C@H]2O)[C@H]1OCc1ccccc1. The molecule has 0 saturated carbocycles. The lowest BCUT2D eigenvalue weighted by atomic mass is 9.96. The highest BCUT2D eigenvalue weighted by atomic mass is 16.8. The summed E-state index contributed by atoms with van der Waals surface area (Å²) in [7, 11) is 1.47. The van der Waals surface area contributed by atoms with Crippen LogP contribution in [0.3, 0.4) is 0 Å². The molecule has 0 spiro atoms. The summed E-state index contributed by atoms with van der Waals surface area (Å²) >= 11 is 0. The topological polar surface area (TPSA) is 164 Å². The number of aliphatic hydroxyl groups excluding tert-OH is 1. The molecule has 3 aromatic rings. The van der Waals surface area contributed by atoms with E-state index in [2.05, 4.69) is 0 Å². The van der Waals surface area contributed by atoms with Crippen LogP contribution in [0.25, 0.3) is 0 Å². The third-order valence-corrected chi connectivity index (χ3v) is 8.75. The third kappa shape index (κ3) is 11.6. The molecule has 14 heteroatoms. The second-order valence-electron chi connectivity index (χ2n) is 12.9. The lowest BCUT2D eigenvalue weighted by Crippen LogP contribution is -2.66. The zero-order valence-electron chi connectivity index (χ0n) is 30.7. The van der Waals surface area contributed by atoms with Crippen LogP contribution in [-0.4, -0.2) is 105 Å². The number of esters is 3. The van der Waals surface area contributed by atoms with E-state index in [1.807, 2.05) is 91.0 Å². The lowest BCUT2D eigenvalue weighted by molar-refractivity contribution is -0.368. The fourth-order valence-corrected chi connectivity index (χ4v) is 6.29. The van der Waals surface area contributed by atoms with Crippen molar-refractivity contribution in [1.82, 2.24) is 0 Å². The van der Waals surface area contributed by atoms with Crippen LogP contribution in [0.4, 0.5) is 0 Å². The summed E-state index contributed by atoms with van der Waals surface area (Å²) in [5.41, 5.74) is 2.67. The van der Waals surface area contributed by atoms with Crippen molar-refractivity contribution in [3.05, 3.63) is 108 Å². The Bertz CT molecular complexity index is 1590. The molecule has 54 heavy (non-hydrogen) atoms. The normalized spacial score (nSPS) is 28.2. The molecule has 2 fully saturated rings. The fraction of sp³-hybridized carbons (Fsp3) is 0.475. The molecule has 0 radical (unpaired) electrons. The van der Waals surface area contributed by atoms with Crippen LogP contribution in [0.1, 0.15) is 37.5 Å². The van der Waals surface area contributed by atoms with Crippen LogP contribution in [0.5, 0.6) is 0 Å². The maximum Gasteiger partial charge on any atom is 0.303 e. The molecule has 10 atom stereocenters. The quantitative estimate of drug-likeness (QED) is 0.157. The zero-order valence-corrected chi connectivity index (χ0v) is 30.7. The molecule has 5 rings (SSSR count). The smallest absolute Gasteiger partial charge is 0.303 e. The molecule has 0 unspecified atom stereocenters. The van der Waals surface area contributed by atoms with Crippen LogP contribution in [0.15, 0.2) is 91.0 Å². The van der Waals surface area contributed by atoms with Gasteiger partial charge >= 0.3 is 17.9 Å². The molecular formula is C40H48O14. The van der Waals surface area contributed by atoms with Gasteiger partial charge in [0.1, 0.15) is 43.2 Å². The first-order valence-corrected chi connectivity index (χ1v) is 17.7. The number of aliphatic hydroxyl groups is 1. The van der Waals surface area contributed by atoms with E-state index in [0.29, 0.717) is 0 Å². The molecule has 0 amide bonds. The minimum atomic E-state index is -1.70. The molecular weight excluding hydrogens is 704 g/mol. The van der Waals surface area contributed by atoms with Gasteiger partial charge in [0.25, 0.3) is 0 Å². The average molecular weight is 753 g/mol. The Labute approximate surface area is 314 Å². The molecule has 14 nitrogen and oxygen atoms in total. The Kier molecular flexibility index (Phi) is 15.5. The van der Waals surface area contributed by atoms with Gasteiger partial charge in [-0.05, 0) is 16.7 Å². The number of carbonyl (C=O) groups is 3. The molecule has 0 bridgehead atoms. The van der Waals surface area contributed by atoms with Gasteiger partial charge in [-0.15, -0.1) is 0 Å². The number of hydrogen-bond donors (Lipinski definition) is 1. The number of carbonyl (C=O) groups excluding carboxylic acids is 3. The molecule has 292 valence electrons. The maximum atomic E-state index is 12.3. The van der Waals surface area contributed by atoms with Crippen molar-refractivity contribution in [1.29, 1.82) is 0 Å². The van der Waals surface area contributed by atoms with E-state index < -0.39 is 85.9 Å². The first-order chi connectivity index (χ1) is 26.1. The van der Waals surface area contributed by atoms with Gasteiger partial charge < -0.3 is 52.5 Å². The van der Waals surface area contributed by atoms with Crippen molar-refractivity contribution in [3.8, 4) is 0 Å². The van der Waals surface area contributed by atoms with Gasteiger partial charge in [-0.1, -0.05) is 91.0 Å². The molecule has 2 aliphatic rings. The van der Waals surface area contributed by atoms with Gasteiger partial charge in [-0.25, -0.2) is 0 Å². The van der Waals surface area contributed by atoms with Crippen molar-refractivity contribution in [2.45, 2.75) is 102 Å². The van der Waals surface area contributed by atoms with Gasteiger partial charge in [0.15, 0.2) is 24.8 Å². The first kappa shape index (κ1) is 40.9. The molecule has 3 aromatic carbocycles. The molecule has 2 saturated heterocycles. The molecule has 0 aliphatic carbocycles. The maximum absolute atomic E-state index is 12.3. The van der Waals surface area contributed by atoms with E-state index in [-0.39, 0.29) is 26.4 Å². The van der Waals surface area contributed by atoms with Crippen molar-refractivity contribution in [3.63, 3.8) is 0 Å². The number of hydrogen-bond acceptors (Lipinski definition) is 14. The van der Waals surface area contributed by atoms with Crippen LogP contribution in [-0.2, 0) is 81.6 Å². The van der Waals surface area contributed by atoms with Gasteiger partial charge in [0.2, 0.25) is 0 Å². The summed E-state index contributed by atoms with van der Waals surface area (Å²) in [6.45, 7) is 3.69. The number of benzene rings is 3. The predicted octanol–water partition coefficient (Wildman–Crippen LogP) is 3.64. The Hall–Kier alpha value is -4.25. The standard InChI is InChI=1S/C40H48O14/c1-25(41)47-24-32-35(50-26(2)42)36(51-27(3)43)33(44)39(52-32)54-37-34(48-21-29-16-10-6-11-17-29)31(23-46-20-28-14-8-5-9-15-28)53-40(45-4)38(37)49-22-30-18-12-7-13-19-30/h5-19,31-40,44H,20-24H2,1-4H3/t31-,32-,33-,34-,35-,36-,37+,38-,39-,40+/m1/s1. The highest BCUT2D eigenvalue weighted by Gasteiger charge is 2.55. The van der Waals surface area contributed by atoms with Crippen molar-refractivity contribution in [2.24, 2.45) is 0 Å². The van der Waals surface area contributed by atoms with Crippen molar-refractivity contribution >= 4 is 17.9 Å². The second-order valence-corrected chi connectivity index (χ2v) is 12.9. The van der Waals surface area contributed by atoms with Crippen LogP contribution >= 0.6 is 0 Å². The molecule has 2 heterocycles. The lowest BCUT2D eigenvalue weighted by Gasteiger charge is -2.49. The Balaban J connectivity index is 1.50. The summed E-state index contributed by atoms with van der Waals surface area (Å²) < 4.78 is 60.6. The Morgan fingerprint density at radius 2 is 1.06 bits per heavy atom. The monoisotopic (exact) mass is 752 g/mol. The number of ether oxygens (including phenoxy) is 10. The van der Waals surface area contributed by atoms with Crippen molar-refractivity contribution < 1.29 is 66.9 Å². The van der Waals surface area contributed by atoms with Gasteiger partial charge in [0.05, 0.1) is 26.4 Å². The summed E-state index contributed by atoms with van der Waals surface area (Å²) in [6.07, 6.45) is -12.1. The first-order valence-electron chi connectivity index (χ1n) is 17.7. The largest absolute Gasteiger partial charge is 0.463 e. The molecule has 0 aromatic heterocycles. The Morgan fingerprint density at radius 3 is 1.57 bits per heavy atom. The fourth-order valence-electron chi connectivity index (χ4n) is 6.29. The summed E-state index contributed by atoms with van der Waals surface area (Å²) in [5, 5.41) is 11.7. The van der Waals surface area contributed by atoms with Crippen LogP contribution in [0, 0.1) is 0 Å². The van der Waals surface area contributed by atoms with E-state index in [1.165, 1.54) is 14.0 Å². The Morgan fingerprint density at radius 1 is 0.574 bits per heavy atom. The number of rotatable bonds is 17. The highest BCUT2D eigenvalue weighted by molar-refractivity contribution is 5.68. The third-order valence-electron chi connectivity index (χ3n) is 8.75. The number of methoxy groups -OCH3 is 1. The molecule has 2 aliphatic heterocycles. The van der Waals surface area contributed by atoms with Gasteiger partial charge in [-0.3, -0.25) is 14.4 Å². The molecule has 1 N–H and O–H groups in total. The van der Waals surface area contributed by atoms with E-state index in [9.17, 15) is 19.5 Å². The minimum Gasteiger partial charge on any atom is -0.463 e. The second kappa shape index (κ2) is 20.4. The average Bonchev–Trinajstić information content (AvgIpc) is 3.16. The predicted molar refractivity (Wildman–Crippen MR) is 189 cm³/mol. The van der Waals surface area contributed by atoms with Crippen molar-refractivity contribution in [2.75, 3.05) is 20.3 Å². The highest BCUT2D eigenvalue weighted by Crippen LogP contribution is 2.35. The summed E-state index contributed by atoms with van der Waals surface area (Å²) in [4.78, 5) is 36.3. The van der Waals surface area contributed by atoms with Crippen LogP contribution in [0.2, 0.25) is 0 Å². The van der Waals surface area contributed by atoms with Gasteiger partial charge in [0, 0.05) is 27.9 Å². The minimum absolute atomic E-state index is 0.0488. The van der Waals surface area contributed by atoms with E-state index in [0.717, 1.165) is 30.5 Å². The van der Waals surface area contributed by atoms with Crippen LogP contribution < -0.4 is 0 Å². The van der Waals surface area contributed by atoms with Gasteiger partial charge in [-0.2, -0.15) is 0 Å². The van der Waals surface area contributed by atoms with E-state index in [4.69, 9.17) is 47.4 Å². The zero-order chi connectivity index (χ0) is 38.5. The van der Waals surface area contributed by atoms with E-state index in [1.54, 1.807) is 0 Å².